The molecule has 2 radical (unpaired) electrons. The molecule has 2 unspecified atom stereocenters. The van der Waals surface area contributed by atoms with Gasteiger partial charge in [0.15, 0.2) is 0 Å². The van der Waals surface area contributed by atoms with E-state index in [0.29, 0.717) is 11.1 Å². The third kappa shape index (κ3) is 2.59. The van der Waals surface area contributed by atoms with Crippen molar-refractivity contribution in [3.05, 3.63) is 82.9 Å². The molecule has 0 saturated heterocycles. The molecule has 4 rings (SSSR count). The first kappa shape index (κ1) is 16.0. The van der Waals surface area contributed by atoms with Gasteiger partial charge in [-0.3, -0.25) is 0 Å². The minimum atomic E-state index is -1.04. The molecular formula is C19H17NaOSi. The summed E-state index contributed by atoms with van der Waals surface area (Å²) < 4.78 is 6.03. The third-order valence-electron chi connectivity index (χ3n) is 4.45. The molecule has 1 nitrogen and oxygen atoms in total. The van der Waals surface area contributed by atoms with Gasteiger partial charge in [0.25, 0.3) is 0 Å². The quantitative estimate of drug-likeness (QED) is 0.780. The van der Waals surface area contributed by atoms with Gasteiger partial charge in [-0.15, -0.1) is 0 Å². The normalized spacial score (nSPS) is 20.8. The molecule has 0 fully saturated rings. The van der Waals surface area contributed by atoms with Crippen molar-refractivity contribution in [2.24, 2.45) is 0 Å². The van der Waals surface area contributed by atoms with Gasteiger partial charge in [0.2, 0.25) is 9.04 Å². The topological polar surface area (TPSA) is 9.23 Å². The van der Waals surface area contributed by atoms with Crippen LogP contribution in [0.3, 0.4) is 0 Å². The first-order valence-electron chi connectivity index (χ1n) is 7.33. The average Bonchev–Trinajstić information content (AvgIpc) is 3.14. The van der Waals surface area contributed by atoms with Crippen molar-refractivity contribution >= 4 is 50.7 Å². The number of allylic oxidation sites excluding steroid dienone is 2. The first-order chi connectivity index (χ1) is 10.4. The second-order valence-electron chi connectivity index (χ2n) is 5.54. The zero-order valence-electron chi connectivity index (χ0n) is 13.0. The molecule has 2 atom stereocenters. The van der Waals surface area contributed by atoms with Crippen LogP contribution in [-0.4, -0.2) is 45.7 Å². The van der Waals surface area contributed by atoms with Crippen molar-refractivity contribution < 1.29 is 4.43 Å². The van der Waals surface area contributed by atoms with Gasteiger partial charge < -0.3 is 4.43 Å². The summed E-state index contributed by atoms with van der Waals surface area (Å²) in [4.78, 5) is 0. The fourth-order valence-corrected chi connectivity index (χ4v) is 6.05. The van der Waals surface area contributed by atoms with Crippen molar-refractivity contribution in [1.29, 1.82) is 0 Å². The molecule has 2 aliphatic carbocycles. The van der Waals surface area contributed by atoms with E-state index in [1.165, 1.54) is 22.3 Å². The molecule has 104 valence electrons. The summed E-state index contributed by atoms with van der Waals surface area (Å²) in [7, 11) is 0.836. The predicted molar refractivity (Wildman–Crippen MR) is 95.0 cm³/mol. The van der Waals surface area contributed by atoms with E-state index in [9.17, 15) is 0 Å². The van der Waals surface area contributed by atoms with Crippen molar-refractivity contribution in [2.45, 2.75) is 11.1 Å². The number of hydrogen-bond donors (Lipinski definition) is 0. The summed E-state index contributed by atoms with van der Waals surface area (Å²) in [6.45, 7) is 0. The maximum atomic E-state index is 6.03. The van der Waals surface area contributed by atoms with Gasteiger partial charge in [-0.05, 0) is 22.3 Å². The number of fused-ring (bicyclic) bond motifs is 2. The molecule has 0 N–H and O–H groups in total. The van der Waals surface area contributed by atoms with Crippen molar-refractivity contribution in [3.8, 4) is 0 Å². The van der Waals surface area contributed by atoms with Gasteiger partial charge >= 0.3 is 0 Å². The largest absolute Gasteiger partial charge is 0.418 e. The molecule has 2 aromatic rings. The monoisotopic (exact) mass is 312 g/mol. The van der Waals surface area contributed by atoms with Crippen LogP contribution in [0.1, 0.15) is 33.3 Å². The SMILES string of the molecule is CO[Si](C1C=Cc2ccccc21)C1C=Cc2ccccc21.[Na]. The van der Waals surface area contributed by atoms with Gasteiger partial charge in [-0.25, -0.2) is 0 Å². The van der Waals surface area contributed by atoms with Crippen molar-refractivity contribution in [1.82, 2.24) is 0 Å². The van der Waals surface area contributed by atoms with E-state index in [4.69, 9.17) is 4.43 Å². The summed E-state index contributed by atoms with van der Waals surface area (Å²) in [5.41, 5.74) is 6.39. The second-order valence-corrected chi connectivity index (χ2v) is 7.99. The molecule has 0 bridgehead atoms. The molecule has 0 heterocycles. The summed E-state index contributed by atoms with van der Waals surface area (Å²) in [5.74, 6) is 0. The van der Waals surface area contributed by atoms with E-state index in [1.54, 1.807) is 0 Å². The predicted octanol–water partition coefficient (Wildman–Crippen LogP) is 3.94. The number of hydrogen-bond acceptors (Lipinski definition) is 1. The summed E-state index contributed by atoms with van der Waals surface area (Å²) in [5, 5.41) is 0. The summed E-state index contributed by atoms with van der Waals surface area (Å²) in [6.07, 6.45) is 9.15. The zero-order valence-corrected chi connectivity index (χ0v) is 16.0. The Hall–Kier alpha value is -0.903. The molecule has 3 heteroatoms. The molecule has 0 aromatic heterocycles. The van der Waals surface area contributed by atoms with Crippen LogP contribution in [0.2, 0.25) is 0 Å². The van der Waals surface area contributed by atoms with Crippen LogP contribution in [0.4, 0.5) is 0 Å². The standard InChI is InChI=1S/C19H17OSi.Na/c1-20-21(18-12-10-14-6-2-4-8-16(14)18)19-13-11-15-7-3-5-9-17(15)19;/h2-13,18-19H,1H3;. The Labute approximate surface area is 155 Å². The van der Waals surface area contributed by atoms with Crippen LogP contribution >= 0.6 is 0 Å². The van der Waals surface area contributed by atoms with Gasteiger partial charge in [0.05, 0.1) is 0 Å². The Bertz CT molecular complexity index is 676. The molecule has 0 saturated carbocycles. The van der Waals surface area contributed by atoms with Crippen LogP contribution in [0, 0.1) is 0 Å². The van der Waals surface area contributed by atoms with Crippen molar-refractivity contribution in [3.63, 3.8) is 0 Å². The molecule has 2 aromatic carbocycles. The molecule has 22 heavy (non-hydrogen) atoms. The van der Waals surface area contributed by atoms with E-state index in [-0.39, 0.29) is 29.6 Å². The first-order valence-corrected chi connectivity index (χ1v) is 8.90. The maximum absolute atomic E-state index is 6.03. The molecule has 2 aliphatic rings. The van der Waals surface area contributed by atoms with Crippen LogP contribution in [0.5, 0.6) is 0 Å². The Balaban J connectivity index is 0.00000144. The molecule has 0 amide bonds. The average molecular weight is 312 g/mol. The van der Waals surface area contributed by atoms with Gasteiger partial charge in [-0.1, -0.05) is 72.8 Å². The maximum Gasteiger partial charge on any atom is 0.234 e. The second kappa shape index (κ2) is 6.69. The fourth-order valence-electron chi connectivity index (χ4n) is 3.44. The Kier molecular flexibility index (Phi) is 4.86. The van der Waals surface area contributed by atoms with Gasteiger partial charge in [0, 0.05) is 47.7 Å². The Morgan fingerprint density at radius 2 is 1.23 bits per heavy atom. The third-order valence-corrected chi connectivity index (χ3v) is 7.15. The van der Waals surface area contributed by atoms with Gasteiger partial charge in [-0.2, -0.15) is 0 Å². The van der Waals surface area contributed by atoms with E-state index in [2.05, 4.69) is 72.8 Å². The number of benzene rings is 2. The Morgan fingerprint density at radius 3 is 1.68 bits per heavy atom. The smallest absolute Gasteiger partial charge is 0.234 e. The van der Waals surface area contributed by atoms with Crippen LogP contribution in [0.15, 0.2) is 60.7 Å². The summed E-state index contributed by atoms with van der Waals surface area (Å²) in [6, 6.07) is 17.4. The minimum Gasteiger partial charge on any atom is -0.418 e. The van der Waals surface area contributed by atoms with E-state index in [0.717, 1.165) is 0 Å². The molecule has 0 spiro atoms. The number of rotatable bonds is 3. The van der Waals surface area contributed by atoms with Crippen LogP contribution in [-0.2, 0) is 4.43 Å². The van der Waals surface area contributed by atoms with E-state index < -0.39 is 9.04 Å². The van der Waals surface area contributed by atoms with Crippen LogP contribution in [0.25, 0.3) is 12.2 Å². The fraction of sp³-hybridized carbons (Fsp3) is 0.158. The summed E-state index contributed by atoms with van der Waals surface area (Å²) >= 11 is 0. The molecular weight excluding hydrogens is 295 g/mol. The molecule has 0 aliphatic heterocycles. The Morgan fingerprint density at radius 1 is 0.773 bits per heavy atom. The zero-order chi connectivity index (χ0) is 14.2. The van der Waals surface area contributed by atoms with E-state index >= 15 is 0 Å². The van der Waals surface area contributed by atoms with E-state index in [1.807, 2.05) is 7.11 Å². The van der Waals surface area contributed by atoms with Crippen molar-refractivity contribution in [2.75, 3.05) is 7.11 Å². The van der Waals surface area contributed by atoms with Gasteiger partial charge in [0.1, 0.15) is 0 Å². The minimum absolute atomic E-state index is 0. The van der Waals surface area contributed by atoms with Crippen LogP contribution < -0.4 is 0 Å².